The maximum atomic E-state index is 12.8. The van der Waals surface area contributed by atoms with E-state index in [4.69, 9.17) is 4.74 Å². The molecule has 0 atom stereocenters. The second kappa shape index (κ2) is 7.93. The van der Waals surface area contributed by atoms with Gasteiger partial charge in [0.1, 0.15) is 11.6 Å². The van der Waals surface area contributed by atoms with Gasteiger partial charge in [-0.05, 0) is 36.2 Å². The minimum atomic E-state index is -0.425. The number of halogens is 1. The Balaban J connectivity index is 1.80. The zero-order valence-corrected chi connectivity index (χ0v) is 12.6. The number of esters is 1. The number of hydrogen-bond acceptors (Lipinski definition) is 3. The topological polar surface area (TPSA) is 67.4 Å². The van der Waals surface area contributed by atoms with Gasteiger partial charge in [-0.1, -0.05) is 18.2 Å². The van der Waals surface area contributed by atoms with Crippen LogP contribution in [0.4, 0.5) is 14.9 Å². The van der Waals surface area contributed by atoms with Crippen LogP contribution in [-0.2, 0) is 11.2 Å². The maximum Gasteiger partial charge on any atom is 0.319 e. The normalized spacial score (nSPS) is 10.0. The first-order chi connectivity index (χ1) is 11.0. The summed E-state index contributed by atoms with van der Waals surface area (Å²) in [6.07, 6.45) is 0.598. The van der Waals surface area contributed by atoms with Crippen LogP contribution in [0, 0.1) is 5.82 Å². The first-order valence-electron chi connectivity index (χ1n) is 7.11. The van der Waals surface area contributed by atoms with Crippen LogP contribution >= 0.6 is 0 Å². The number of benzene rings is 2. The molecule has 2 N–H and O–H groups in total. The molecule has 6 heteroatoms. The standard InChI is InChI=1S/C17H17FN2O3/c1-12(21)23-16-4-2-3-15(11-16)20-17(22)19-10-9-13-5-7-14(18)8-6-13/h2-8,11H,9-10H2,1H3,(H2,19,20,22). The molecule has 2 aromatic carbocycles. The molecule has 120 valence electrons. The van der Waals surface area contributed by atoms with E-state index >= 15 is 0 Å². The summed E-state index contributed by atoms with van der Waals surface area (Å²) in [4.78, 5) is 22.7. The van der Waals surface area contributed by atoms with Crippen molar-refractivity contribution in [2.75, 3.05) is 11.9 Å². The van der Waals surface area contributed by atoms with Crippen molar-refractivity contribution >= 4 is 17.7 Å². The number of carbonyl (C=O) groups is 2. The van der Waals surface area contributed by atoms with E-state index in [0.717, 1.165) is 5.56 Å². The summed E-state index contributed by atoms with van der Waals surface area (Å²) in [5.74, 6) is -0.348. The third kappa shape index (κ3) is 5.78. The highest BCUT2D eigenvalue weighted by molar-refractivity contribution is 5.89. The fourth-order valence-electron chi connectivity index (χ4n) is 1.95. The number of urea groups is 1. The predicted molar refractivity (Wildman–Crippen MR) is 84.9 cm³/mol. The number of carbonyl (C=O) groups excluding carboxylic acids is 2. The van der Waals surface area contributed by atoms with Gasteiger partial charge in [0.15, 0.2) is 0 Å². The number of anilines is 1. The Bertz CT molecular complexity index is 686. The first-order valence-corrected chi connectivity index (χ1v) is 7.11. The quantitative estimate of drug-likeness (QED) is 0.658. The van der Waals surface area contributed by atoms with Crippen molar-refractivity contribution < 1.29 is 18.7 Å². The van der Waals surface area contributed by atoms with Gasteiger partial charge in [-0.2, -0.15) is 0 Å². The molecule has 0 saturated carbocycles. The van der Waals surface area contributed by atoms with Crippen molar-refractivity contribution in [3.63, 3.8) is 0 Å². The van der Waals surface area contributed by atoms with Crippen molar-refractivity contribution in [1.82, 2.24) is 5.32 Å². The molecule has 2 aromatic rings. The molecule has 5 nitrogen and oxygen atoms in total. The Morgan fingerprint density at radius 3 is 2.57 bits per heavy atom. The van der Waals surface area contributed by atoms with E-state index in [1.807, 2.05) is 0 Å². The molecule has 0 bridgehead atoms. The van der Waals surface area contributed by atoms with E-state index in [2.05, 4.69) is 10.6 Å². The van der Waals surface area contributed by atoms with Crippen LogP contribution in [0.2, 0.25) is 0 Å². The molecule has 0 fully saturated rings. The summed E-state index contributed by atoms with van der Waals surface area (Å²) in [6.45, 7) is 1.73. The Morgan fingerprint density at radius 2 is 1.87 bits per heavy atom. The Labute approximate surface area is 133 Å². The summed E-state index contributed by atoms with van der Waals surface area (Å²) < 4.78 is 17.7. The first kappa shape index (κ1) is 16.5. The number of hydrogen-bond donors (Lipinski definition) is 2. The van der Waals surface area contributed by atoms with Crippen LogP contribution in [0.1, 0.15) is 12.5 Å². The predicted octanol–water partition coefficient (Wildman–Crippen LogP) is 3.12. The SMILES string of the molecule is CC(=O)Oc1cccc(NC(=O)NCCc2ccc(F)cc2)c1. The van der Waals surface area contributed by atoms with Crippen molar-refractivity contribution in [2.24, 2.45) is 0 Å². The maximum absolute atomic E-state index is 12.8. The van der Waals surface area contributed by atoms with Gasteiger partial charge in [0.05, 0.1) is 0 Å². The van der Waals surface area contributed by atoms with E-state index in [-0.39, 0.29) is 11.8 Å². The van der Waals surface area contributed by atoms with Crippen LogP contribution in [0.15, 0.2) is 48.5 Å². The molecule has 2 amide bonds. The second-order valence-electron chi connectivity index (χ2n) is 4.88. The van der Waals surface area contributed by atoms with Gasteiger partial charge in [0.2, 0.25) is 0 Å². The summed E-state index contributed by atoms with van der Waals surface area (Å²) in [7, 11) is 0. The summed E-state index contributed by atoms with van der Waals surface area (Å²) in [6, 6.07) is 12.3. The number of ether oxygens (including phenoxy) is 1. The lowest BCUT2D eigenvalue weighted by molar-refractivity contribution is -0.131. The van der Waals surface area contributed by atoms with Gasteiger partial charge in [-0.25, -0.2) is 9.18 Å². The molecule has 0 aliphatic rings. The minimum absolute atomic E-state index is 0.285. The molecule has 0 unspecified atom stereocenters. The molecule has 23 heavy (non-hydrogen) atoms. The summed E-state index contributed by atoms with van der Waals surface area (Å²) >= 11 is 0. The largest absolute Gasteiger partial charge is 0.427 e. The molecule has 2 rings (SSSR count). The van der Waals surface area contributed by atoms with E-state index < -0.39 is 5.97 Å². The van der Waals surface area contributed by atoms with Crippen LogP contribution < -0.4 is 15.4 Å². The monoisotopic (exact) mass is 316 g/mol. The van der Waals surface area contributed by atoms with Crippen molar-refractivity contribution in [3.05, 3.63) is 59.9 Å². The number of amides is 2. The van der Waals surface area contributed by atoms with Crippen molar-refractivity contribution in [3.8, 4) is 5.75 Å². The van der Waals surface area contributed by atoms with Gasteiger partial charge < -0.3 is 15.4 Å². The lowest BCUT2D eigenvalue weighted by atomic mass is 10.1. The molecule has 0 radical (unpaired) electrons. The fraction of sp³-hybridized carbons (Fsp3) is 0.176. The molecule has 0 aliphatic heterocycles. The van der Waals surface area contributed by atoms with Crippen LogP contribution in [0.25, 0.3) is 0 Å². The van der Waals surface area contributed by atoms with E-state index in [1.165, 1.54) is 19.1 Å². The Kier molecular flexibility index (Phi) is 5.68. The van der Waals surface area contributed by atoms with Gasteiger partial charge >= 0.3 is 12.0 Å². The number of nitrogens with one attached hydrogen (secondary N) is 2. The average molecular weight is 316 g/mol. The molecule has 0 spiro atoms. The van der Waals surface area contributed by atoms with Gasteiger partial charge in [-0.15, -0.1) is 0 Å². The Hall–Kier alpha value is -2.89. The molecule has 0 saturated heterocycles. The molecular formula is C17H17FN2O3. The van der Waals surface area contributed by atoms with Gasteiger partial charge in [0.25, 0.3) is 0 Å². The van der Waals surface area contributed by atoms with Crippen LogP contribution in [-0.4, -0.2) is 18.5 Å². The van der Waals surface area contributed by atoms with E-state index in [1.54, 1.807) is 36.4 Å². The third-order valence-electron chi connectivity index (χ3n) is 2.97. The zero-order chi connectivity index (χ0) is 16.7. The van der Waals surface area contributed by atoms with E-state index in [0.29, 0.717) is 24.4 Å². The molecule has 0 heterocycles. The second-order valence-corrected chi connectivity index (χ2v) is 4.88. The van der Waals surface area contributed by atoms with Crippen molar-refractivity contribution in [2.45, 2.75) is 13.3 Å². The van der Waals surface area contributed by atoms with Crippen molar-refractivity contribution in [1.29, 1.82) is 0 Å². The third-order valence-corrected chi connectivity index (χ3v) is 2.97. The summed E-state index contributed by atoms with van der Waals surface area (Å²) in [5.41, 5.74) is 1.45. The fourth-order valence-corrected chi connectivity index (χ4v) is 1.95. The van der Waals surface area contributed by atoms with Gasteiger partial charge in [-0.3, -0.25) is 4.79 Å². The highest BCUT2D eigenvalue weighted by Gasteiger charge is 2.04. The van der Waals surface area contributed by atoms with E-state index in [9.17, 15) is 14.0 Å². The Morgan fingerprint density at radius 1 is 1.13 bits per heavy atom. The highest BCUT2D eigenvalue weighted by atomic mass is 19.1. The zero-order valence-electron chi connectivity index (χ0n) is 12.6. The number of rotatable bonds is 5. The molecule has 0 aliphatic carbocycles. The molecule has 0 aromatic heterocycles. The lowest BCUT2D eigenvalue weighted by Gasteiger charge is -2.09. The summed E-state index contributed by atoms with van der Waals surface area (Å²) in [5, 5.41) is 5.35. The smallest absolute Gasteiger partial charge is 0.319 e. The average Bonchev–Trinajstić information content (AvgIpc) is 2.49. The minimum Gasteiger partial charge on any atom is -0.427 e. The van der Waals surface area contributed by atoms with Gasteiger partial charge in [0, 0.05) is 25.2 Å². The highest BCUT2D eigenvalue weighted by Crippen LogP contribution is 2.17. The van der Waals surface area contributed by atoms with Crippen LogP contribution in [0.5, 0.6) is 5.75 Å². The molecular weight excluding hydrogens is 299 g/mol. The lowest BCUT2D eigenvalue weighted by Crippen LogP contribution is -2.30. The van der Waals surface area contributed by atoms with Crippen LogP contribution in [0.3, 0.4) is 0 Å².